The largest absolute Gasteiger partial charge is 0.493 e. The van der Waals surface area contributed by atoms with E-state index in [9.17, 15) is 5.11 Å². The second-order valence-electron chi connectivity index (χ2n) is 4.47. The number of nitrogens with two attached hydrogens (primary N) is 1. The Bertz CT molecular complexity index is 425. The maximum absolute atomic E-state index is 9.80. The molecule has 1 aliphatic carbocycles. The molecule has 2 atom stereocenters. The normalized spacial score (nSPS) is 23.1. The molecule has 1 saturated carbocycles. The minimum atomic E-state index is -0.393. The zero-order chi connectivity index (χ0) is 13.1. The fraction of sp³-hybridized carbons (Fsp3) is 0.538. The van der Waals surface area contributed by atoms with Gasteiger partial charge < -0.3 is 20.3 Å². The van der Waals surface area contributed by atoms with Crippen molar-refractivity contribution in [2.45, 2.75) is 38.0 Å². The summed E-state index contributed by atoms with van der Waals surface area (Å²) >= 11 is 3.46. The van der Waals surface area contributed by atoms with Crippen molar-refractivity contribution in [2.75, 3.05) is 7.11 Å². The van der Waals surface area contributed by atoms with Gasteiger partial charge in [0.1, 0.15) is 6.10 Å². The zero-order valence-electron chi connectivity index (χ0n) is 10.4. The minimum absolute atomic E-state index is 0.154. The second-order valence-corrected chi connectivity index (χ2v) is 5.32. The average molecular weight is 316 g/mol. The van der Waals surface area contributed by atoms with Gasteiger partial charge in [-0.05, 0) is 52.9 Å². The molecule has 5 heteroatoms. The van der Waals surface area contributed by atoms with Gasteiger partial charge in [0.15, 0.2) is 11.5 Å². The van der Waals surface area contributed by atoms with Crippen molar-refractivity contribution in [3.05, 3.63) is 22.2 Å². The number of benzene rings is 1. The number of halogens is 1. The topological polar surface area (TPSA) is 64.7 Å². The van der Waals surface area contributed by atoms with Crippen molar-refractivity contribution in [3.63, 3.8) is 0 Å². The Morgan fingerprint density at radius 2 is 2.22 bits per heavy atom. The van der Waals surface area contributed by atoms with E-state index in [1.807, 2.05) is 12.1 Å². The summed E-state index contributed by atoms with van der Waals surface area (Å²) in [5.41, 5.74) is 6.59. The molecule has 0 heterocycles. The molecule has 0 saturated heterocycles. The van der Waals surface area contributed by atoms with Crippen molar-refractivity contribution < 1.29 is 14.6 Å². The Hall–Kier alpha value is -0.780. The van der Waals surface area contributed by atoms with Gasteiger partial charge in [-0.3, -0.25) is 0 Å². The van der Waals surface area contributed by atoms with Crippen LogP contribution in [0.3, 0.4) is 0 Å². The third-order valence-corrected chi connectivity index (χ3v) is 3.80. The molecule has 1 fully saturated rings. The lowest BCUT2D eigenvalue weighted by Crippen LogP contribution is -2.26. The van der Waals surface area contributed by atoms with Gasteiger partial charge in [0, 0.05) is 6.54 Å². The van der Waals surface area contributed by atoms with Crippen LogP contribution in [0.1, 0.15) is 24.8 Å². The Morgan fingerprint density at radius 3 is 2.78 bits per heavy atom. The Morgan fingerprint density at radius 1 is 1.44 bits per heavy atom. The van der Waals surface area contributed by atoms with E-state index in [1.165, 1.54) is 0 Å². The highest BCUT2D eigenvalue weighted by molar-refractivity contribution is 9.10. The molecule has 1 aromatic carbocycles. The van der Waals surface area contributed by atoms with Crippen molar-refractivity contribution in [1.82, 2.24) is 0 Å². The van der Waals surface area contributed by atoms with Crippen LogP contribution in [0, 0.1) is 0 Å². The van der Waals surface area contributed by atoms with E-state index in [0.717, 1.165) is 29.3 Å². The molecule has 0 bridgehead atoms. The van der Waals surface area contributed by atoms with Crippen LogP contribution >= 0.6 is 15.9 Å². The van der Waals surface area contributed by atoms with Crippen molar-refractivity contribution in [2.24, 2.45) is 5.73 Å². The van der Waals surface area contributed by atoms with Crippen LogP contribution in [-0.2, 0) is 6.54 Å². The lowest BCUT2D eigenvalue weighted by molar-refractivity contribution is 0.0581. The van der Waals surface area contributed by atoms with E-state index in [2.05, 4.69) is 15.9 Å². The van der Waals surface area contributed by atoms with Crippen LogP contribution in [-0.4, -0.2) is 24.4 Å². The summed E-state index contributed by atoms with van der Waals surface area (Å²) < 4.78 is 12.0. The number of hydrogen-bond acceptors (Lipinski definition) is 4. The van der Waals surface area contributed by atoms with Crippen LogP contribution in [0.15, 0.2) is 16.6 Å². The van der Waals surface area contributed by atoms with Gasteiger partial charge in [0.25, 0.3) is 0 Å². The molecule has 2 rings (SSSR count). The molecule has 0 radical (unpaired) electrons. The van der Waals surface area contributed by atoms with E-state index in [-0.39, 0.29) is 6.10 Å². The summed E-state index contributed by atoms with van der Waals surface area (Å²) in [5.74, 6) is 1.28. The fourth-order valence-electron chi connectivity index (χ4n) is 2.20. The first-order valence-electron chi connectivity index (χ1n) is 6.07. The molecule has 4 nitrogen and oxygen atoms in total. The molecule has 0 aromatic heterocycles. The number of aliphatic hydroxyl groups excluding tert-OH is 1. The van der Waals surface area contributed by atoms with Gasteiger partial charge in [0.05, 0.1) is 17.7 Å². The van der Waals surface area contributed by atoms with Crippen LogP contribution in [0.25, 0.3) is 0 Å². The molecule has 0 spiro atoms. The lowest BCUT2D eigenvalue weighted by Gasteiger charge is -2.20. The highest BCUT2D eigenvalue weighted by Crippen LogP contribution is 2.39. The Balaban J connectivity index is 2.25. The summed E-state index contributed by atoms with van der Waals surface area (Å²) in [5, 5.41) is 9.80. The van der Waals surface area contributed by atoms with E-state index in [4.69, 9.17) is 15.2 Å². The Labute approximate surface area is 115 Å². The van der Waals surface area contributed by atoms with Gasteiger partial charge in [-0.1, -0.05) is 0 Å². The van der Waals surface area contributed by atoms with Crippen LogP contribution < -0.4 is 15.2 Å². The molecule has 2 unspecified atom stereocenters. The van der Waals surface area contributed by atoms with Crippen molar-refractivity contribution >= 4 is 15.9 Å². The third kappa shape index (κ3) is 2.79. The quantitative estimate of drug-likeness (QED) is 0.894. The molecular formula is C13H18BrNO3. The average Bonchev–Trinajstić information content (AvgIpc) is 2.77. The predicted molar refractivity (Wildman–Crippen MR) is 72.9 cm³/mol. The molecule has 1 aliphatic rings. The van der Waals surface area contributed by atoms with Gasteiger partial charge in [-0.25, -0.2) is 0 Å². The van der Waals surface area contributed by atoms with Gasteiger partial charge in [-0.2, -0.15) is 0 Å². The van der Waals surface area contributed by atoms with Crippen molar-refractivity contribution in [1.29, 1.82) is 0 Å². The summed E-state index contributed by atoms with van der Waals surface area (Å²) in [6.07, 6.45) is 2.11. The highest BCUT2D eigenvalue weighted by atomic mass is 79.9. The first-order valence-corrected chi connectivity index (χ1v) is 6.86. The summed E-state index contributed by atoms with van der Waals surface area (Å²) in [6.45, 7) is 0.446. The summed E-state index contributed by atoms with van der Waals surface area (Å²) in [7, 11) is 1.60. The molecule has 0 aliphatic heterocycles. The number of ether oxygens (including phenoxy) is 2. The van der Waals surface area contributed by atoms with Crippen molar-refractivity contribution in [3.8, 4) is 11.5 Å². The van der Waals surface area contributed by atoms with E-state index < -0.39 is 6.10 Å². The van der Waals surface area contributed by atoms with Gasteiger partial charge in [-0.15, -0.1) is 0 Å². The standard InChI is InChI=1S/C13H18BrNO3/c1-17-12-6-8(7-15)5-9(14)13(12)18-11-4-2-3-10(11)16/h5-6,10-11,16H,2-4,7,15H2,1H3. The van der Waals surface area contributed by atoms with Gasteiger partial charge in [0.2, 0.25) is 0 Å². The molecular weight excluding hydrogens is 298 g/mol. The second kappa shape index (κ2) is 5.91. The highest BCUT2D eigenvalue weighted by Gasteiger charge is 2.28. The summed E-state index contributed by atoms with van der Waals surface area (Å²) in [6, 6.07) is 3.78. The molecule has 3 N–H and O–H groups in total. The third-order valence-electron chi connectivity index (χ3n) is 3.21. The number of aliphatic hydroxyl groups is 1. The van der Waals surface area contributed by atoms with Gasteiger partial charge >= 0.3 is 0 Å². The van der Waals surface area contributed by atoms with E-state index in [1.54, 1.807) is 7.11 Å². The van der Waals surface area contributed by atoms with Crippen LogP contribution in [0.4, 0.5) is 0 Å². The molecule has 100 valence electrons. The minimum Gasteiger partial charge on any atom is -0.493 e. The molecule has 18 heavy (non-hydrogen) atoms. The van der Waals surface area contributed by atoms with E-state index >= 15 is 0 Å². The monoisotopic (exact) mass is 315 g/mol. The number of hydrogen-bond donors (Lipinski definition) is 2. The Kier molecular flexibility index (Phi) is 4.48. The maximum Gasteiger partial charge on any atom is 0.175 e. The molecule has 1 aromatic rings. The van der Waals surface area contributed by atoms with E-state index in [0.29, 0.717) is 18.0 Å². The first-order chi connectivity index (χ1) is 8.65. The number of rotatable bonds is 4. The number of methoxy groups -OCH3 is 1. The lowest BCUT2D eigenvalue weighted by atomic mass is 10.2. The molecule has 0 amide bonds. The van der Waals surface area contributed by atoms with Crippen LogP contribution in [0.2, 0.25) is 0 Å². The predicted octanol–water partition coefficient (Wildman–Crippen LogP) is 2.21. The SMILES string of the molecule is COc1cc(CN)cc(Br)c1OC1CCCC1O. The van der Waals surface area contributed by atoms with Crippen LogP contribution in [0.5, 0.6) is 11.5 Å². The first kappa shape index (κ1) is 13.6. The maximum atomic E-state index is 9.80. The summed E-state index contributed by atoms with van der Waals surface area (Å²) in [4.78, 5) is 0. The fourth-order valence-corrected chi connectivity index (χ4v) is 2.78. The smallest absolute Gasteiger partial charge is 0.175 e. The zero-order valence-corrected chi connectivity index (χ0v) is 11.9.